The first-order valence-electron chi connectivity index (χ1n) is 4.90. The molecule has 0 unspecified atom stereocenters. The number of benzene rings is 1. The molecule has 2 aromatic heterocycles. The fourth-order valence-electron chi connectivity index (χ4n) is 1.69. The van der Waals surface area contributed by atoms with Crippen LogP contribution in [-0.4, -0.2) is 14.8 Å². The molecule has 0 saturated carbocycles. The van der Waals surface area contributed by atoms with Gasteiger partial charge in [-0.05, 0) is 25.1 Å². The fraction of sp³-hybridized carbons (Fsp3) is 0.0909. The molecule has 80 valence electrons. The van der Waals surface area contributed by atoms with E-state index in [1.54, 1.807) is 21.5 Å². The van der Waals surface area contributed by atoms with Crippen molar-refractivity contribution in [3.8, 4) is 5.69 Å². The Morgan fingerprint density at radius 3 is 2.94 bits per heavy atom. The lowest BCUT2D eigenvalue weighted by molar-refractivity contribution is 0.866. The highest BCUT2D eigenvalue weighted by molar-refractivity contribution is 7.16. The lowest BCUT2D eigenvalue weighted by Gasteiger charge is -2.05. The van der Waals surface area contributed by atoms with E-state index in [0.29, 0.717) is 5.69 Å². The van der Waals surface area contributed by atoms with E-state index in [1.165, 1.54) is 0 Å². The minimum Gasteiger partial charge on any atom is -0.395 e. The summed E-state index contributed by atoms with van der Waals surface area (Å²) in [5.41, 5.74) is 11.3. The van der Waals surface area contributed by atoms with Gasteiger partial charge in [-0.3, -0.25) is 0 Å². The Morgan fingerprint density at radius 1 is 1.31 bits per heavy atom. The average Bonchev–Trinajstić information content (AvgIpc) is 2.87. The molecule has 3 aromatic rings. The highest BCUT2D eigenvalue weighted by Crippen LogP contribution is 2.28. The third-order valence-corrected chi connectivity index (χ3v) is 3.28. The zero-order valence-corrected chi connectivity index (χ0v) is 9.53. The quantitative estimate of drug-likeness (QED) is 0.653. The summed E-state index contributed by atoms with van der Waals surface area (Å²) in [7, 11) is 0. The topological polar surface area (TPSA) is 56.7 Å². The predicted molar refractivity (Wildman–Crippen MR) is 65.9 cm³/mol. The van der Waals surface area contributed by atoms with Crippen LogP contribution in [0, 0.1) is 6.92 Å². The van der Waals surface area contributed by atoms with Gasteiger partial charge in [-0.15, -0.1) is 11.3 Å². The number of nitrogens with two attached hydrogens (primary N) is 1. The van der Waals surface area contributed by atoms with Gasteiger partial charge < -0.3 is 5.73 Å². The van der Waals surface area contributed by atoms with Crippen LogP contribution >= 0.6 is 11.3 Å². The largest absolute Gasteiger partial charge is 0.395 e. The number of anilines is 1. The number of nitrogens with zero attached hydrogens (tertiary/aromatic N) is 3. The van der Waals surface area contributed by atoms with Crippen LogP contribution in [0.4, 0.5) is 5.69 Å². The molecule has 16 heavy (non-hydrogen) atoms. The Hall–Kier alpha value is -1.88. The molecule has 0 spiro atoms. The Bertz CT molecular complexity index is 653. The number of hydrogen-bond donors (Lipinski definition) is 1. The van der Waals surface area contributed by atoms with Crippen LogP contribution in [0.5, 0.6) is 0 Å². The van der Waals surface area contributed by atoms with Gasteiger partial charge in [-0.2, -0.15) is 5.10 Å². The Morgan fingerprint density at radius 2 is 2.19 bits per heavy atom. The van der Waals surface area contributed by atoms with Gasteiger partial charge in [0.05, 0.1) is 27.3 Å². The summed E-state index contributed by atoms with van der Waals surface area (Å²) in [5.74, 6) is 0. The predicted octanol–water partition coefficient (Wildman–Crippen LogP) is 2.37. The second kappa shape index (κ2) is 3.31. The van der Waals surface area contributed by atoms with Crippen LogP contribution in [0.25, 0.3) is 15.9 Å². The smallest absolute Gasteiger partial charge is 0.106 e. The van der Waals surface area contributed by atoms with Crippen molar-refractivity contribution in [2.75, 3.05) is 5.73 Å². The zero-order valence-electron chi connectivity index (χ0n) is 8.71. The molecular weight excluding hydrogens is 220 g/mol. The van der Waals surface area contributed by atoms with E-state index in [1.807, 2.05) is 31.3 Å². The number of hydrogen-bond acceptors (Lipinski definition) is 4. The molecule has 0 amide bonds. The lowest BCUT2D eigenvalue weighted by Crippen LogP contribution is -2.01. The maximum Gasteiger partial charge on any atom is 0.106 e. The van der Waals surface area contributed by atoms with Gasteiger partial charge in [0.25, 0.3) is 0 Å². The highest BCUT2D eigenvalue weighted by Gasteiger charge is 2.08. The molecule has 0 saturated heterocycles. The molecule has 5 heteroatoms. The first-order chi connectivity index (χ1) is 7.75. The molecule has 0 aliphatic heterocycles. The van der Waals surface area contributed by atoms with Crippen LogP contribution in [-0.2, 0) is 0 Å². The maximum absolute atomic E-state index is 6.09. The summed E-state index contributed by atoms with van der Waals surface area (Å²) in [6, 6.07) is 5.95. The molecule has 0 bridgehead atoms. The molecule has 0 atom stereocenters. The second-order valence-corrected chi connectivity index (χ2v) is 4.49. The Balaban J connectivity index is 2.27. The summed E-state index contributed by atoms with van der Waals surface area (Å²) >= 11 is 1.59. The van der Waals surface area contributed by atoms with E-state index in [4.69, 9.17) is 5.73 Å². The summed E-state index contributed by atoms with van der Waals surface area (Å²) in [4.78, 5) is 4.26. The van der Waals surface area contributed by atoms with Crippen molar-refractivity contribution < 1.29 is 0 Å². The lowest BCUT2D eigenvalue weighted by atomic mass is 10.2. The zero-order chi connectivity index (χ0) is 11.1. The van der Waals surface area contributed by atoms with Crippen LogP contribution in [0.2, 0.25) is 0 Å². The summed E-state index contributed by atoms with van der Waals surface area (Å²) in [6.07, 6.45) is 1.90. The van der Waals surface area contributed by atoms with E-state index in [-0.39, 0.29) is 0 Å². The monoisotopic (exact) mass is 230 g/mol. The number of aromatic nitrogens is 3. The van der Waals surface area contributed by atoms with E-state index in [9.17, 15) is 0 Å². The molecule has 2 heterocycles. The molecule has 0 aliphatic carbocycles. The Labute approximate surface area is 96.3 Å². The van der Waals surface area contributed by atoms with Gasteiger partial charge in [0.2, 0.25) is 0 Å². The SMILES string of the molecule is Cc1ccn(-c2ccc3scnc3c2N)n1. The fourth-order valence-corrected chi connectivity index (χ4v) is 2.38. The van der Waals surface area contributed by atoms with E-state index >= 15 is 0 Å². The average molecular weight is 230 g/mol. The van der Waals surface area contributed by atoms with E-state index < -0.39 is 0 Å². The first kappa shape index (κ1) is 9.35. The minimum absolute atomic E-state index is 0.682. The maximum atomic E-state index is 6.09. The van der Waals surface area contributed by atoms with Crippen molar-refractivity contribution >= 4 is 27.2 Å². The van der Waals surface area contributed by atoms with Gasteiger partial charge in [0.1, 0.15) is 5.52 Å². The summed E-state index contributed by atoms with van der Waals surface area (Å²) in [6.45, 7) is 1.95. The summed E-state index contributed by atoms with van der Waals surface area (Å²) < 4.78 is 2.88. The molecule has 0 fully saturated rings. The van der Waals surface area contributed by atoms with Crippen molar-refractivity contribution in [2.45, 2.75) is 6.92 Å². The van der Waals surface area contributed by atoms with Gasteiger partial charge in [-0.25, -0.2) is 9.67 Å². The molecule has 0 aliphatic rings. The second-order valence-electron chi connectivity index (χ2n) is 3.60. The van der Waals surface area contributed by atoms with Crippen LogP contribution in [0.1, 0.15) is 5.69 Å². The molecule has 3 rings (SSSR count). The van der Waals surface area contributed by atoms with Gasteiger partial charge in [-0.1, -0.05) is 0 Å². The molecule has 2 N–H and O–H groups in total. The number of aryl methyl sites for hydroxylation is 1. The summed E-state index contributed by atoms with van der Waals surface area (Å²) in [5, 5.41) is 4.35. The van der Waals surface area contributed by atoms with Crippen molar-refractivity contribution in [1.82, 2.24) is 14.8 Å². The van der Waals surface area contributed by atoms with Gasteiger partial charge >= 0.3 is 0 Å². The van der Waals surface area contributed by atoms with E-state index in [0.717, 1.165) is 21.6 Å². The molecular formula is C11H10N4S. The standard InChI is InChI=1S/C11H10N4S/c1-7-4-5-15(14-7)8-2-3-9-11(10(8)12)13-6-16-9/h2-6H,12H2,1H3. The van der Waals surface area contributed by atoms with Crippen molar-refractivity contribution in [2.24, 2.45) is 0 Å². The van der Waals surface area contributed by atoms with Gasteiger partial charge in [0.15, 0.2) is 0 Å². The minimum atomic E-state index is 0.682. The normalized spacial score (nSPS) is 11.1. The van der Waals surface area contributed by atoms with Crippen molar-refractivity contribution in [3.05, 3.63) is 35.6 Å². The van der Waals surface area contributed by atoms with Crippen LogP contribution in [0.15, 0.2) is 29.9 Å². The Kier molecular flexibility index (Phi) is 1.94. The third-order valence-electron chi connectivity index (χ3n) is 2.49. The third kappa shape index (κ3) is 1.29. The number of thiazole rings is 1. The number of fused-ring (bicyclic) bond motifs is 1. The number of nitrogen functional groups attached to an aromatic ring is 1. The van der Waals surface area contributed by atoms with Gasteiger partial charge in [0, 0.05) is 6.20 Å². The molecule has 0 radical (unpaired) electrons. The van der Waals surface area contributed by atoms with Crippen LogP contribution in [0.3, 0.4) is 0 Å². The molecule has 4 nitrogen and oxygen atoms in total. The highest BCUT2D eigenvalue weighted by atomic mass is 32.1. The number of rotatable bonds is 1. The van der Waals surface area contributed by atoms with E-state index in [2.05, 4.69) is 10.1 Å². The van der Waals surface area contributed by atoms with Crippen molar-refractivity contribution in [3.63, 3.8) is 0 Å². The molecule has 1 aromatic carbocycles. The first-order valence-corrected chi connectivity index (χ1v) is 5.78. The van der Waals surface area contributed by atoms with Crippen molar-refractivity contribution in [1.29, 1.82) is 0 Å². The van der Waals surface area contributed by atoms with Crippen LogP contribution < -0.4 is 5.73 Å².